The first kappa shape index (κ1) is 22.2. The van der Waals surface area contributed by atoms with Gasteiger partial charge in [-0.2, -0.15) is 0 Å². The van der Waals surface area contributed by atoms with Crippen LogP contribution in [0.25, 0.3) is 11.0 Å². The smallest absolute Gasteiger partial charge is 0.335 e. The number of benzene rings is 1. The fraction of sp³-hybridized carbons (Fsp3) is 0.455. The number of imidazole rings is 1. The third kappa shape index (κ3) is 4.46. The quantitative estimate of drug-likeness (QED) is 0.609. The lowest BCUT2D eigenvalue weighted by molar-refractivity contribution is 0.0484. The molecule has 0 saturated heterocycles. The molecule has 4 rings (SSSR count). The number of nitrogens with zero attached hydrogens (tertiary/aromatic N) is 3. The molecular weight excluding hydrogens is 432 g/mol. The number of nitrogens with one attached hydrogen (secondary N) is 1. The maximum Gasteiger partial charge on any atom is 0.335 e. The Hall–Kier alpha value is -2.98. The number of amides is 1. The summed E-state index contributed by atoms with van der Waals surface area (Å²) in [7, 11) is 0. The zero-order chi connectivity index (χ0) is 22.8. The van der Waals surface area contributed by atoms with Crippen LogP contribution >= 0.6 is 11.3 Å². The second kappa shape index (κ2) is 9.25. The van der Waals surface area contributed by atoms with Gasteiger partial charge in [0.2, 0.25) is 5.95 Å². The highest BCUT2D eigenvalue weighted by Crippen LogP contribution is 2.32. The average Bonchev–Trinajstić information content (AvgIpc) is 3.29. The minimum absolute atomic E-state index is 0.0324. The van der Waals surface area contributed by atoms with Crippen LogP contribution in [0.4, 0.5) is 5.95 Å². The van der Waals surface area contributed by atoms with Crippen molar-refractivity contribution in [3.05, 3.63) is 33.3 Å². The van der Waals surface area contributed by atoms with Crippen molar-refractivity contribution in [1.82, 2.24) is 14.5 Å². The van der Waals surface area contributed by atoms with Crippen LogP contribution in [-0.2, 0) is 17.7 Å². The van der Waals surface area contributed by atoms with Gasteiger partial charge in [-0.1, -0.05) is 6.92 Å². The Balaban J connectivity index is 1.79. The van der Waals surface area contributed by atoms with Crippen molar-refractivity contribution in [2.75, 3.05) is 18.5 Å². The van der Waals surface area contributed by atoms with Crippen LogP contribution in [0.3, 0.4) is 0 Å². The molecule has 1 aliphatic heterocycles. The molecule has 1 atom stereocenters. The molecule has 2 N–H and O–H groups in total. The number of aryl methyl sites for hydroxylation is 3. The van der Waals surface area contributed by atoms with E-state index in [1.807, 2.05) is 25.3 Å². The van der Waals surface area contributed by atoms with E-state index in [-0.39, 0.29) is 17.6 Å². The summed E-state index contributed by atoms with van der Waals surface area (Å²) in [6, 6.07) is 3.02. The zero-order valence-electron chi connectivity index (χ0n) is 18.3. The van der Waals surface area contributed by atoms with Gasteiger partial charge in [-0.15, -0.1) is 11.3 Å². The van der Waals surface area contributed by atoms with E-state index in [0.717, 1.165) is 10.7 Å². The Morgan fingerprint density at radius 1 is 1.31 bits per heavy atom. The predicted molar refractivity (Wildman–Crippen MR) is 121 cm³/mol. The molecule has 1 aromatic carbocycles. The van der Waals surface area contributed by atoms with Crippen LogP contribution in [0.2, 0.25) is 0 Å². The van der Waals surface area contributed by atoms with Crippen molar-refractivity contribution >= 4 is 40.2 Å². The number of carboxylic acids is 1. The second-order valence-electron chi connectivity index (χ2n) is 7.72. The molecule has 3 heterocycles. The summed E-state index contributed by atoms with van der Waals surface area (Å²) in [5.74, 6) is -0.563. The van der Waals surface area contributed by atoms with Crippen LogP contribution in [0, 0.1) is 6.92 Å². The highest BCUT2D eigenvalue weighted by atomic mass is 32.1. The van der Waals surface area contributed by atoms with E-state index in [4.69, 9.17) is 9.47 Å². The first-order chi connectivity index (χ1) is 15.4. The number of rotatable bonds is 4. The van der Waals surface area contributed by atoms with E-state index < -0.39 is 5.97 Å². The molecule has 2 aromatic heterocycles. The Morgan fingerprint density at radius 2 is 2.12 bits per heavy atom. The van der Waals surface area contributed by atoms with Gasteiger partial charge in [-0.25, -0.2) is 14.8 Å². The Labute approximate surface area is 189 Å². The number of carbonyl (C=O) groups is 2. The summed E-state index contributed by atoms with van der Waals surface area (Å²) < 4.78 is 13.7. The first-order valence-corrected chi connectivity index (χ1v) is 11.5. The van der Waals surface area contributed by atoms with Gasteiger partial charge in [0.1, 0.15) is 16.1 Å². The Kier molecular flexibility index (Phi) is 6.43. The summed E-state index contributed by atoms with van der Waals surface area (Å²) in [5, 5.41) is 13.3. The van der Waals surface area contributed by atoms with Gasteiger partial charge in [0, 0.05) is 19.6 Å². The number of aromatic nitrogens is 3. The normalized spacial score (nSPS) is 16.9. The fourth-order valence-electron chi connectivity index (χ4n) is 3.75. The lowest BCUT2D eigenvalue weighted by atomic mass is 10.2. The Morgan fingerprint density at radius 3 is 2.88 bits per heavy atom. The third-order valence-electron chi connectivity index (χ3n) is 5.33. The van der Waals surface area contributed by atoms with Crippen molar-refractivity contribution < 1.29 is 24.2 Å². The summed E-state index contributed by atoms with van der Waals surface area (Å²) in [6.07, 6.45) is 2.07. The minimum atomic E-state index is -1.06. The van der Waals surface area contributed by atoms with Crippen molar-refractivity contribution in [2.45, 2.75) is 52.7 Å². The topological polar surface area (TPSA) is 116 Å². The van der Waals surface area contributed by atoms with Crippen LogP contribution in [0.1, 0.15) is 57.4 Å². The van der Waals surface area contributed by atoms with Crippen LogP contribution in [-0.4, -0.2) is 50.8 Å². The largest absolute Gasteiger partial charge is 0.491 e. The first-order valence-electron chi connectivity index (χ1n) is 10.7. The highest BCUT2D eigenvalue weighted by molar-refractivity contribution is 7.13. The molecule has 0 radical (unpaired) electrons. The molecule has 3 aromatic rings. The number of hydrogen-bond donors (Lipinski definition) is 2. The fourth-order valence-corrected chi connectivity index (χ4v) is 4.65. The zero-order valence-corrected chi connectivity index (χ0v) is 19.1. The maximum atomic E-state index is 13.1. The van der Waals surface area contributed by atoms with E-state index in [1.54, 1.807) is 0 Å². The van der Waals surface area contributed by atoms with E-state index in [0.29, 0.717) is 66.6 Å². The molecular formula is C22H26N4O5S. The lowest BCUT2D eigenvalue weighted by Crippen LogP contribution is -2.17. The van der Waals surface area contributed by atoms with Gasteiger partial charge in [-0.3, -0.25) is 10.1 Å². The van der Waals surface area contributed by atoms with E-state index in [9.17, 15) is 14.7 Å². The van der Waals surface area contributed by atoms with Gasteiger partial charge < -0.3 is 19.1 Å². The molecule has 1 amide bonds. The van der Waals surface area contributed by atoms with Crippen LogP contribution < -0.4 is 10.1 Å². The number of carboxylic acid groups (broad SMARTS) is 1. The molecule has 10 heteroatoms. The van der Waals surface area contributed by atoms with Gasteiger partial charge in [0.25, 0.3) is 5.91 Å². The maximum absolute atomic E-state index is 13.1. The van der Waals surface area contributed by atoms with Crippen molar-refractivity contribution in [3.63, 3.8) is 0 Å². The van der Waals surface area contributed by atoms with Crippen LogP contribution in [0.5, 0.6) is 5.75 Å². The molecule has 9 nitrogen and oxygen atoms in total. The van der Waals surface area contributed by atoms with Gasteiger partial charge in [0.05, 0.1) is 34.5 Å². The molecule has 0 fully saturated rings. The van der Waals surface area contributed by atoms with E-state index in [1.165, 1.54) is 23.5 Å². The van der Waals surface area contributed by atoms with Crippen molar-refractivity contribution in [1.29, 1.82) is 0 Å². The number of ether oxygens (including phenoxy) is 2. The van der Waals surface area contributed by atoms with E-state index >= 15 is 0 Å². The molecule has 1 aliphatic rings. The van der Waals surface area contributed by atoms with Gasteiger partial charge >= 0.3 is 5.97 Å². The molecule has 0 saturated carbocycles. The molecule has 0 aliphatic carbocycles. The highest BCUT2D eigenvalue weighted by Gasteiger charge is 2.23. The molecule has 170 valence electrons. The number of thiazole rings is 1. The van der Waals surface area contributed by atoms with Gasteiger partial charge in [0.15, 0.2) is 0 Å². The second-order valence-corrected chi connectivity index (χ2v) is 8.93. The molecule has 0 bridgehead atoms. The van der Waals surface area contributed by atoms with Crippen molar-refractivity contribution in [3.8, 4) is 5.75 Å². The number of aromatic carboxylic acids is 1. The number of hydrogen-bond acceptors (Lipinski definition) is 7. The summed E-state index contributed by atoms with van der Waals surface area (Å²) in [5.41, 5.74) is 1.95. The summed E-state index contributed by atoms with van der Waals surface area (Å²) in [6.45, 7) is 7.29. The average molecular weight is 459 g/mol. The minimum Gasteiger partial charge on any atom is -0.491 e. The van der Waals surface area contributed by atoms with Gasteiger partial charge in [-0.05, 0) is 38.8 Å². The summed E-state index contributed by atoms with van der Waals surface area (Å²) >= 11 is 1.34. The number of anilines is 1. The molecule has 0 unspecified atom stereocenters. The van der Waals surface area contributed by atoms with Crippen LogP contribution in [0.15, 0.2) is 12.1 Å². The molecule has 32 heavy (non-hydrogen) atoms. The van der Waals surface area contributed by atoms with E-state index in [2.05, 4.69) is 15.3 Å². The number of carbonyl (C=O) groups excluding carboxylic acids is 1. The summed E-state index contributed by atoms with van der Waals surface area (Å²) in [4.78, 5) is 34.3. The standard InChI is InChI=1S/C22H26N4O5S/c1-4-15-19(32-13(3)23-15)20(27)25-22-24-16-10-14(21(28)29)11-17-18(16)26(22)7-5-8-30-12(2)6-9-31-17/h10-12H,4-9H2,1-3H3,(H,28,29)(H,24,25,27)/t12-/m0/s1. The Bertz CT molecular complexity index is 1170. The lowest BCUT2D eigenvalue weighted by Gasteiger charge is -2.13. The predicted octanol–water partition coefficient (Wildman–Crippen LogP) is 3.89. The monoisotopic (exact) mass is 458 g/mol. The third-order valence-corrected chi connectivity index (χ3v) is 6.35. The SMILES string of the molecule is CCc1nc(C)sc1C(=O)Nc1nc2cc(C(=O)O)cc3c2n1CCCO[C@@H](C)CCO3. The molecule has 0 spiro atoms. The van der Waals surface area contributed by atoms with Crippen molar-refractivity contribution in [2.24, 2.45) is 0 Å².